The van der Waals surface area contributed by atoms with E-state index >= 15 is 0 Å². The average molecular weight is 321 g/mol. The molecule has 0 saturated carbocycles. The molecule has 0 unspecified atom stereocenters. The molecule has 2 rings (SSSR count). The van der Waals surface area contributed by atoms with Gasteiger partial charge in [-0.15, -0.1) is 0 Å². The number of amides is 2. The molecule has 0 radical (unpaired) electrons. The number of carbonyl (C=O) groups excluding carboxylic acids is 2. The predicted octanol–water partition coefficient (Wildman–Crippen LogP) is 0.806. The Balaban J connectivity index is 1.96. The third-order valence-electron chi connectivity index (χ3n) is 4.48. The van der Waals surface area contributed by atoms with Gasteiger partial charge in [-0.1, -0.05) is 6.92 Å². The molecule has 0 N–H and O–H groups in total. The summed E-state index contributed by atoms with van der Waals surface area (Å²) in [6, 6.07) is 0.243. The van der Waals surface area contributed by atoms with E-state index in [0.29, 0.717) is 19.0 Å². The van der Waals surface area contributed by atoms with Gasteiger partial charge in [-0.3, -0.25) is 9.59 Å². The van der Waals surface area contributed by atoms with Gasteiger partial charge in [0.1, 0.15) is 6.54 Å². The predicted molar refractivity (Wildman–Crippen MR) is 74.0 cm³/mol. The zero-order chi connectivity index (χ0) is 16.7. The van der Waals surface area contributed by atoms with Crippen LogP contribution in [0.15, 0.2) is 0 Å². The van der Waals surface area contributed by atoms with Crippen molar-refractivity contribution in [1.82, 2.24) is 14.7 Å². The molecule has 2 amide bonds. The van der Waals surface area contributed by atoms with Gasteiger partial charge in [-0.25, -0.2) is 0 Å². The molecule has 2 aliphatic heterocycles. The molecule has 2 heterocycles. The average Bonchev–Trinajstić information content (AvgIpc) is 2.91. The van der Waals surface area contributed by atoms with Crippen LogP contribution >= 0.6 is 0 Å². The minimum atomic E-state index is -4.42. The summed E-state index contributed by atoms with van der Waals surface area (Å²) < 4.78 is 37.2. The number of likely N-dealkylation sites (tertiary alicyclic amines) is 2. The molecule has 2 saturated heterocycles. The lowest BCUT2D eigenvalue weighted by molar-refractivity contribution is -0.157. The molecular weight excluding hydrogens is 299 g/mol. The van der Waals surface area contributed by atoms with Gasteiger partial charge in [0, 0.05) is 32.1 Å². The van der Waals surface area contributed by atoms with Gasteiger partial charge in [-0.2, -0.15) is 13.2 Å². The fraction of sp³-hybridized carbons (Fsp3) is 0.857. The third-order valence-corrected chi connectivity index (χ3v) is 4.48. The van der Waals surface area contributed by atoms with E-state index in [1.807, 2.05) is 25.9 Å². The van der Waals surface area contributed by atoms with Crippen LogP contribution in [0, 0.1) is 11.8 Å². The Hall–Kier alpha value is -1.31. The van der Waals surface area contributed by atoms with E-state index < -0.39 is 24.5 Å². The Bertz CT molecular complexity index is 453. The van der Waals surface area contributed by atoms with Crippen LogP contribution in [0.4, 0.5) is 13.2 Å². The monoisotopic (exact) mass is 321 g/mol. The summed E-state index contributed by atoms with van der Waals surface area (Å²) >= 11 is 0. The molecule has 0 aliphatic carbocycles. The molecule has 0 aromatic heterocycles. The molecule has 0 aromatic carbocycles. The van der Waals surface area contributed by atoms with Crippen LogP contribution in [-0.2, 0) is 9.59 Å². The van der Waals surface area contributed by atoms with Crippen molar-refractivity contribution in [2.45, 2.75) is 25.6 Å². The van der Waals surface area contributed by atoms with Gasteiger partial charge in [-0.05, 0) is 20.0 Å². The van der Waals surface area contributed by atoms with Crippen molar-refractivity contribution in [3.05, 3.63) is 0 Å². The number of alkyl halides is 3. The van der Waals surface area contributed by atoms with E-state index in [0.717, 1.165) is 4.90 Å². The number of rotatable bonds is 3. The normalized spacial score (nSPS) is 29.8. The summed E-state index contributed by atoms with van der Waals surface area (Å²) in [6.45, 7) is 1.80. The van der Waals surface area contributed by atoms with Crippen LogP contribution in [0.1, 0.15) is 13.3 Å². The quantitative estimate of drug-likeness (QED) is 0.772. The lowest BCUT2D eigenvalue weighted by Crippen LogP contribution is -2.39. The van der Waals surface area contributed by atoms with E-state index in [1.54, 1.807) is 4.90 Å². The highest BCUT2D eigenvalue weighted by Crippen LogP contribution is 2.28. The SMILES string of the molecule is C[C@@H]1CN(C(=O)[C@@H]2CC(=O)N(CC(F)(F)F)C2)C[C@@H]1N(C)C. The van der Waals surface area contributed by atoms with Gasteiger partial charge in [0.25, 0.3) is 0 Å². The van der Waals surface area contributed by atoms with Crippen molar-refractivity contribution in [2.75, 3.05) is 40.3 Å². The zero-order valence-corrected chi connectivity index (χ0v) is 13.1. The van der Waals surface area contributed by atoms with Crippen LogP contribution < -0.4 is 0 Å². The summed E-state index contributed by atoms with van der Waals surface area (Å²) in [4.78, 5) is 28.6. The summed E-state index contributed by atoms with van der Waals surface area (Å²) in [5, 5.41) is 0. The molecule has 2 aliphatic rings. The molecule has 8 heteroatoms. The topological polar surface area (TPSA) is 43.9 Å². The van der Waals surface area contributed by atoms with Gasteiger partial charge in [0.05, 0.1) is 5.92 Å². The number of hydrogen-bond donors (Lipinski definition) is 0. The maximum absolute atomic E-state index is 12.5. The van der Waals surface area contributed by atoms with Gasteiger partial charge >= 0.3 is 6.18 Å². The first kappa shape index (κ1) is 17.1. The number of nitrogens with zero attached hydrogens (tertiary/aromatic N) is 3. The third kappa shape index (κ3) is 3.71. The fourth-order valence-electron chi connectivity index (χ4n) is 3.37. The second-order valence-electron chi connectivity index (χ2n) is 6.54. The van der Waals surface area contributed by atoms with Crippen molar-refractivity contribution in [3.8, 4) is 0 Å². The number of hydrogen-bond acceptors (Lipinski definition) is 3. The van der Waals surface area contributed by atoms with E-state index in [1.165, 1.54) is 0 Å². The van der Waals surface area contributed by atoms with Crippen molar-refractivity contribution in [3.63, 3.8) is 0 Å². The summed E-state index contributed by atoms with van der Waals surface area (Å²) in [7, 11) is 3.89. The van der Waals surface area contributed by atoms with E-state index in [4.69, 9.17) is 0 Å². The largest absolute Gasteiger partial charge is 0.406 e. The minimum Gasteiger partial charge on any atom is -0.340 e. The lowest BCUT2D eigenvalue weighted by atomic mass is 10.1. The Labute approximate surface area is 128 Å². The van der Waals surface area contributed by atoms with Gasteiger partial charge < -0.3 is 14.7 Å². The second-order valence-corrected chi connectivity index (χ2v) is 6.54. The highest BCUT2D eigenvalue weighted by atomic mass is 19.4. The smallest absolute Gasteiger partial charge is 0.340 e. The molecule has 0 spiro atoms. The van der Waals surface area contributed by atoms with Gasteiger partial charge in [0.2, 0.25) is 11.8 Å². The molecular formula is C14H22F3N3O2. The van der Waals surface area contributed by atoms with Gasteiger partial charge in [0.15, 0.2) is 0 Å². The maximum atomic E-state index is 12.5. The molecule has 0 aromatic rings. The van der Waals surface area contributed by atoms with Crippen LogP contribution in [0.2, 0.25) is 0 Å². The molecule has 126 valence electrons. The first-order valence-electron chi connectivity index (χ1n) is 7.38. The van der Waals surface area contributed by atoms with E-state index in [9.17, 15) is 22.8 Å². The molecule has 3 atom stereocenters. The lowest BCUT2D eigenvalue weighted by Gasteiger charge is -2.23. The van der Waals surface area contributed by atoms with Crippen molar-refractivity contribution in [2.24, 2.45) is 11.8 Å². The van der Waals surface area contributed by atoms with Crippen LogP contribution in [-0.4, -0.2) is 79.0 Å². The maximum Gasteiger partial charge on any atom is 0.406 e. The summed E-state index contributed by atoms with van der Waals surface area (Å²) in [5.41, 5.74) is 0. The van der Waals surface area contributed by atoms with Crippen molar-refractivity contribution >= 4 is 11.8 Å². The zero-order valence-electron chi connectivity index (χ0n) is 13.1. The van der Waals surface area contributed by atoms with Crippen LogP contribution in [0.3, 0.4) is 0 Å². The highest BCUT2D eigenvalue weighted by Gasteiger charge is 2.43. The molecule has 5 nitrogen and oxygen atoms in total. The first-order valence-corrected chi connectivity index (χ1v) is 7.38. The number of carbonyl (C=O) groups is 2. The highest BCUT2D eigenvalue weighted by molar-refractivity contribution is 5.89. The van der Waals surface area contributed by atoms with E-state index in [-0.39, 0.29) is 24.9 Å². The molecule has 2 fully saturated rings. The minimum absolute atomic E-state index is 0.119. The Morgan fingerprint density at radius 1 is 1.27 bits per heavy atom. The molecule has 0 bridgehead atoms. The Morgan fingerprint density at radius 3 is 2.41 bits per heavy atom. The molecule has 22 heavy (non-hydrogen) atoms. The van der Waals surface area contributed by atoms with Crippen molar-refractivity contribution < 1.29 is 22.8 Å². The van der Waals surface area contributed by atoms with Crippen LogP contribution in [0.5, 0.6) is 0 Å². The second kappa shape index (κ2) is 6.06. The first-order chi connectivity index (χ1) is 10.1. The fourth-order valence-corrected chi connectivity index (χ4v) is 3.37. The number of likely N-dealkylation sites (N-methyl/N-ethyl adjacent to an activating group) is 1. The Kier molecular flexibility index (Phi) is 4.70. The van der Waals surface area contributed by atoms with E-state index in [2.05, 4.69) is 0 Å². The summed E-state index contributed by atoms with van der Waals surface area (Å²) in [5.74, 6) is -1.13. The van der Waals surface area contributed by atoms with Crippen molar-refractivity contribution in [1.29, 1.82) is 0 Å². The summed E-state index contributed by atoms with van der Waals surface area (Å²) in [6.07, 6.45) is -4.54. The standard InChI is InChI=1S/C14H22F3N3O2/c1-9-5-19(7-11(9)18(2)3)13(22)10-4-12(21)20(6-10)8-14(15,16)17/h9-11H,4-8H2,1-3H3/t9-,10-,11+/m1/s1. The Morgan fingerprint density at radius 2 is 1.91 bits per heavy atom. The number of halogens is 3. The van der Waals surface area contributed by atoms with Crippen LogP contribution in [0.25, 0.3) is 0 Å².